The fourth-order valence-corrected chi connectivity index (χ4v) is 2.08. The van der Waals surface area contributed by atoms with Gasteiger partial charge in [0.25, 0.3) is 7.82 Å². The summed E-state index contributed by atoms with van der Waals surface area (Å²) >= 11 is 16.0. The lowest BCUT2D eigenvalue weighted by Gasteiger charge is -2.26. The van der Waals surface area contributed by atoms with Crippen LogP contribution in [0, 0.1) is 0 Å². The Hall–Kier alpha value is 0.940. The van der Waals surface area contributed by atoms with E-state index in [1.807, 2.05) is 21.1 Å². The highest BCUT2D eigenvalue weighted by Gasteiger charge is 2.23. The first-order valence-corrected chi connectivity index (χ1v) is 7.48. The van der Waals surface area contributed by atoms with E-state index in [9.17, 15) is 9.46 Å². The molecule has 0 aliphatic rings. The molecule has 0 rings (SSSR count). The molecule has 0 amide bonds. The summed E-state index contributed by atoms with van der Waals surface area (Å²) in [5.41, 5.74) is 0. The Morgan fingerprint density at radius 1 is 1.24 bits per heavy atom. The first kappa shape index (κ1) is 17.9. The molecule has 0 aromatic rings. The molecule has 0 saturated carbocycles. The van der Waals surface area contributed by atoms with Gasteiger partial charge in [-0.25, -0.2) is 0 Å². The van der Waals surface area contributed by atoms with E-state index in [-0.39, 0.29) is 6.61 Å². The van der Waals surface area contributed by atoms with Crippen molar-refractivity contribution in [3.63, 3.8) is 0 Å². The van der Waals surface area contributed by atoms with Crippen LogP contribution in [-0.4, -0.2) is 49.2 Å². The van der Waals surface area contributed by atoms with E-state index in [0.717, 1.165) is 11.0 Å². The van der Waals surface area contributed by atoms with Gasteiger partial charge in [-0.15, -0.1) is 0 Å². The highest BCUT2D eigenvalue weighted by molar-refractivity contribution is 7.45. The molecule has 17 heavy (non-hydrogen) atoms. The molecule has 0 spiro atoms. The smallest absolute Gasteiger partial charge is 0.268 e. The quantitative estimate of drug-likeness (QED) is 0.310. The summed E-state index contributed by atoms with van der Waals surface area (Å²) in [6.07, 6.45) is 0.590. The van der Waals surface area contributed by atoms with Crippen molar-refractivity contribution in [1.82, 2.24) is 0 Å². The summed E-state index contributed by atoms with van der Waals surface area (Å²) < 4.78 is 19.2. The molecule has 0 saturated heterocycles. The normalized spacial score (nSPS) is 16.9. The Bertz CT molecular complexity index is 277. The van der Waals surface area contributed by atoms with Crippen molar-refractivity contribution in [2.24, 2.45) is 0 Å². The number of quaternary nitrogens is 1. The maximum atomic E-state index is 11.2. The minimum absolute atomic E-state index is 0.0517. The highest BCUT2D eigenvalue weighted by Crippen LogP contribution is 2.41. The number of nitrogens with zero attached hydrogens (tertiary/aromatic N) is 1. The van der Waals surface area contributed by atoms with Crippen molar-refractivity contribution in [1.29, 1.82) is 0 Å². The van der Waals surface area contributed by atoms with Gasteiger partial charge in [-0.2, -0.15) is 0 Å². The zero-order valence-corrected chi connectivity index (χ0v) is 13.2. The number of phosphoric ester groups is 1. The van der Waals surface area contributed by atoms with Crippen molar-refractivity contribution < 1.29 is 23.0 Å². The fourth-order valence-electron chi connectivity index (χ4n) is 0.905. The predicted octanol–water partition coefficient (Wildman–Crippen LogP) is 1.95. The third-order valence-electron chi connectivity index (χ3n) is 1.61. The molecule has 0 fully saturated rings. The molecule has 0 aromatic carbocycles. The van der Waals surface area contributed by atoms with E-state index in [4.69, 9.17) is 34.8 Å². The molecule has 0 aromatic heterocycles. The number of hydrogen-bond acceptors (Lipinski definition) is 4. The van der Waals surface area contributed by atoms with Crippen LogP contribution in [0.3, 0.4) is 0 Å². The molecule has 5 nitrogen and oxygen atoms in total. The molecule has 0 N–H and O–H groups in total. The van der Waals surface area contributed by atoms with Crippen molar-refractivity contribution in [3.8, 4) is 0 Å². The number of rotatable bonds is 7. The van der Waals surface area contributed by atoms with Crippen LogP contribution in [0.2, 0.25) is 0 Å². The van der Waals surface area contributed by atoms with E-state index < -0.39 is 18.2 Å². The van der Waals surface area contributed by atoms with Crippen molar-refractivity contribution >= 4 is 42.6 Å². The molecule has 1 unspecified atom stereocenters. The van der Waals surface area contributed by atoms with Gasteiger partial charge in [-0.1, -0.05) is 34.8 Å². The average molecular weight is 329 g/mol. The second-order valence-electron chi connectivity index (χ2n) is 4.54. The SMILES string of the molecule is C[N+](C)(C)CCCOP(=O)([O-])OCC(Cl)(Cl)Cl. The maximum absolute atomic E-state index is 11.2. The second kappa shape index (κ2) is 6.92. The van der Waals surface area contributed by atoms with E-state index in [1.54, 1.807) is 0 Å². The lowest BCUT2D eigenvalue weighted by Crippen LogP contribution is -2.35. The summed E-state index contributed by atoms with van der Waals surface area (Å²) in [5.74, 6) is 0. The van der Waals surface area contributed by atoms with Gasteiger partial charge in [0.05, 0.1) is 34.3 Å². The van der Waals surface area contributed by atoms with Crippen molar-refractivity contribution in [3.05, 3.63) is 0 Å². The largest absolute Gasteiger partial charge is 0.756 e. The van der Waals surface area contributed by atoms with Gasteiger partial charge in [-0.05, 0) is 0 Å². The van der Waals surface area contributed by atoms with Crippen molar-refractivity contribution in [2.75, 3.05) is 40.9 Å². The average Bonchev–Trinajstić information content (AvgIpc) is 2.07. The van der Waals surface area contributed by atoms with E-state index >= 15 is 0 Å². The summed E-state index contributed by atoms with van der Waals surface area (Å²) in [6.45, 7) is 0.272. The third kappa shape index (κ3) is 13.2. The van der Waals surface area contributed by atoms with Gasteiger partial charge in [0, 0.05) is 6.42 Å². The molecule has 0 aliphatic carbocycles. The Balaban J connectivity index is 3.83. The number of alkyl halides is 3. The topological polar surface area (TPSA) is 58.6 Å². The van der Waals surface area contributed by atoms with Crippen molar-refractivity contribution in [2.45, 2.75) is 10.2 Å². The van der Waals surface area contributed by atoms with Crippen LogP contribution in [0.4, 0.5) is 0 Å². The first-order valence-electron chi connectivity index (χ1n) is 4.89. The Labute approximate surface area is 117 Å². The van der Waals surface area contributed by atoms with Gasteiger partial charge in [0.1, 0.15) is 6.61 Å². The number of hydrogen-bond donors (Lipinski definition) is 0. The Morgan fingerprint density at radius 3 is 2.18 bits per heavy atom. The fraction of sp³-hybridized carbons (Fsp3) is 1.00. The minimum Gasteiger partial charge on any atom is -0.756 e. The van der Waals surface area contributed by atoms with E-state index in [0.29, 0.717) is 6.42 Å². The van der Waals surface area contributed by atoms with Crippen LogP contribution in [0.5, 0.6) is 0 Å². The molecule has 9 heteroatoms. The molecule has 0 bridgehead atoms. The zero-order valence-electron chi connectivity index (χ0n) is 9.99. The lowest BCUT2D eigenvalue weighted by molar-refractivity contribution is -0.870. The van der Waals surface area contributed by atoms with Gasteiger partial charge < -0.3 is 18.4 Å². The monoisotopic (exact) mass is 327 g/mol. The predicted molar refractivity (Wildman–Crippen MR) is 67.3 cm³/mol. The zero-order chi connectivity index (χ0) is 13.7. The van der Waals surface area contributed by atoms with Crippen LogP contribution >= 0.6 is 42.6 Å². The summed E-state index contributed by atoms with van der Waals surface area (Å²) in [6, 6.07) is 0. The van der Waals surface area contributed by atoms with Crippen LogP contribution in [0.15, 0.2) is 0 Å². The first-order chi connectivity index (χ1) is 7.41. The Morgan fingerprint density at radius 2 is 1.76 bits per heavy atom. The second-order valence-corrected chi connectivity index (χ2v) is 8.46. The maximum Gasteiger partial charge on any atom is 0.268 e. The molecular weight excluding hydrogens is 311 g/mol. The van der Waals surface area contributed by atoms with Crippen LogP contribution < -0.4 is 4.89 Å². The van der Waals surface area contributed by atoms with Gasteiger partial charge in [0.15, 0.2) is 0 Å². The number of halogens is 3. The molecule has 0 aliphatic heterocycles. The molecule has 0 heterocycles. The molecule has 104 valence electrons. The van der Waals surface area contributed by atoms with Gasteiger partial charge >= 0.3 is 0 Å². The summed E-state index contributed by atoms with van der Waals surface area (Å²) in [7, 11) is 1.61. The Kier molecular flexibility index (Phi) is 7.30. The van der Waals surface area contributed by atoms with Gasteiger partial charge in [-0.3, -0.25) is 4.57 Å². The standard InChI is InChI=1S/C8H17Cl3NO4P/c1-12(2,3)5-4-6-15-17(13,14)16-7-8(9,10)11/h4-7H2,1-3H3. The lowest BCUT2D eigenvalue weighted by atomic mass is 10.4. The summed E-state index contributed by atoms with van der Waals surface area (Å²) in [5, 5.41) is 0. The molecule has 0 radical (unpaired) electrons. The number of phosphoric acid groups is 1. The minimum atomic E-state index is -4.38. The highest BCUT2D eigenvalue weighted by atomic mass is 35.6. The molecule has 1 atom stereocenters. The van der Waals surface area contributed by atoms with Crippen LogP contribution in [0.1, 0.15) is 6.42 Å². The molecular formula is C8H17Cl3NO4P. The van der Waals surface area contributed by atoms with Crippen LogP contribution in [-0.2, 0) is 13.6 Å². The third-order valence-corrected chi connectivity index (χ3v) is 2.88. The van der Waals surface area contributed by atoms with E-state index in [1.165, 1.54) is 0 Å². The van der Waals surface area contributed by atoms with E-state index in [2.05, 4.69) is 9.05 Å². The van der Waals surface area contributed by atoms with Crippen LogP contribution in [0.25, 0.3) is 0 Å². The summed E-state index contributed by atoms with van der Waals surface area (Å²) in [4.78, 5) is 11.2. The van der Waals surface area contributed by atoms with Gasteiger partial charge in [0.2, 0.25) is 3.79 Å².